The minimum Gasteiger partial charge on any atom is -0.465 e. The van der Waals surface area contributed by atoms with Crippen LogP contribution < -0.4 is 10.6 Å². The summed E-state index contributed by atoms with van der Waals surface area (Å²) < 4.78 is 4.64. The van der Waals surface area contributed by atoms with Crippen molar-refractivity contribution in [2.75, 3.05) is 25.5 Å². The highest BCUT2D eigenvalue weighted by Gasteiger charge is 2.44. The lowest BCUT2D eigenvalue weighted by Gasteiger charge is -2.40. The van der Waals surface area contributed by atoms with Crippen LogP contribution in [0.25, 0.3) is 0 Å². The van der Waals surface area contributed by atoms with Crippen molar-refractivity contribution in [2.45, 2.75) is 19.4 Å². The quantitative estimate of drug-likeness (QED) is 0.583. The molecule has 0 radical (unpaired) electrons. The number of ether oxygens (including phenoxy) is 1. The van der Waals surface area contributed by atoms with E-state index in [2.05, 4.69) is 15.4 Å². The van der Waals surface area contributed by atoms with Gasteiger partial charge in [0, 0.05) is 30.2 Å². The molecule has 142 valence electrons. The van der Waals surface area contributed by atoms with Crippen LogP contribution in [0, 0.1) is 6.92 Å². The van der Waals surface area contributed by atoms with Gasteiger partial charge in [-0.25, -0.2) is 4.79 Å². The molecular formula is C18H18ClN3O5. The Morgan fingerprint density at radius 2 is 2.07 bits per heavy atom. The molecule has 2 heterocycles. The van der Waals surface area contributed by atoms with Gasteiger partial charge in [0.2, 0.25) is 5.91 Å². The first-order valence-corrected chi connectivity index (χ1v) is 8.69. The lowest BCUT2D eigenvalue weighted by molar-refractivity contribution is -0.141. The maximum atomic E-state index is 12.9. The third kappa shape index (κ3) is 3.52. The molecule has 2 N–H and O–H groups in total. The van der Waals surface area contributed by atoms with Crippen molar-refractivity contribution in [1.82, 2.24) is 10.2 Å². The van der Waals surface area contributed by atoms with E-state index < -0.39 is 29.6 Å². The third-order valence-electron chi connectivity index (χ3n) is 4.56. The van der Waals surface area contributed by atoms with Crippen LogP contribution in [0.4, 0.5) is 5.69 Å². The number of halogens is 1. The van der Waals surface area contributed by atoms with Crippen molar-refractivity contribution in [1.29, 1.82) is 0 Å². The lowest BCUT2D eigenvalue weighted by atomic mass is 9.92. The number of carbonyl (C=O) groups is 4. The summed E-state index contributed by atoms with van der Waals surface area (Å²) in [7, 11) is 1.13. The van der Waals surface area contributed by atoms with Crippen LogP contribution in [0.3, 0.4) is 0 Å². The second-order valence-electron chi connectivity index (χ2n) is 6.26. The van der Waals surface area contributed by atoms with Gasteiger partial charge >= 0.3 is 5.97 Å². The van der Waals surface area contributed by atoms with Crippen molar-refractivity contribution < 1.29 is 23.9 Å². The molecule has 0 bridgehead atoms. The number of benzene rings is 1. The van der Waals surface area contributed by atoms with Crippen LogP contribution in [0.1, 0.15) is 12.0 Å². The minimum atomic E-state index is -0.912. The topological polar surface area (TPSA) is 105 Å². The van der Waals surface area contributed by atoms with Crippen LogP contribution in [-0.4, -0.2) is 54.7 Å². The Balaban J connectivity index is 1.95. The number of Topliss-reactive ketones (excluding diaryl/α,β-unsaturated/α-hetero) is 1. The average molecular weight is 392 g/mol. The molecule has 2 aliphatic rings. The average Bonchev–Trinajstić information content (AvgIpc) is 2.64. The Hall–Kier alpha value is -2.87. The Labute approximate surface area is 160 Å². The Morgan fingerprint density at radius 1 is 1.33 bits per heavy atom. The predicted octanol–water partition coefficient (Wildman–Crippen LogP) is 0.787. The number of methoxy groups -OCH3 is 1. The standard InChI is InChI=1S/C18H18ClN3O5/c1-9-3-4-10(19)7-11(9)21-16(24)12-8-13(23)14(18(26)27-2)15-17(25)20-5-6-22(12)15/h3-4,7,12H,5-6,8H2,1-2H3,(H,20,25)(H,21,24)/t12-/m1/s1. The summed E-state index contributed by atoms with van der Waals surface area (Å²) in [5, 5.41) is 5.81. The molecule has 1 aromatic carbocycles. The SMILES string of the molecule is COC(=O)C1=C2C(=O)NCCN2[C@@H](C(=O)Nc2cc(Cl)ccc2C)CC1=O. The molecule has 0 aromatic heterocycles. The number of ketones is 1. The van der Waals surface area contributed by atoms with Gasteiger partial charge in [-0.05, 0) is 24.6 Å². The molecule has 9 heteroatoms. The Bertz CT molecular complexity index is 880. The highest BCUT2D eigenvalue weighted by molar-refractivity contribution is 6.31. The van der Waals surface area contributed by atoms with E-state index in [1.54, 1.807) is 18.2 Å². The van der Waals surface area contributed by atoms with Gasteiger partial charge in [0.25, 0.3) is 5.91 Å². The maximum Gasteiger partial charge on any atom is 0.343 e. The summed E-state index contributed by atoms with van der Waals surface area (Å²) in [6.45, 7) is 2.40. The molecule has 0 aliphatic carbocycles. The molecule has 1 saturated heterocycles. The summed E-state index contributed by atoms with van der Waals surface area (Å²) in [6, 6.07) is 4.16. The van der Waals surface area contributed by atoms with Gasteiger partial charge in [0.15, 0.2) is 5.78 Å². The first-order chi connectivity index (χ1) is 12.8. The van der Waals surface area contributed by atoms with Gasteiger partial charge in [0.1, 0.15) is 17.3 Å². The molecule has 2 amide bonds. The highest BCUT2D eigenvalue weighted by Crippen LogP contribution is 2.29. The summed E-state index contributed by atoms with van der Waals surface area (Å²) in [5.74, 6) is -2.52. The van der Waals surface area contributed by atoms with Crippen molar-refractivity contribution in [3.63, 3.8) is 0 Å². The number of carbonyl (C=O) groups excluding carboxylic acids is 4. The van der Waals surface area contributed by atoms with E-state index in [0.717, 1.165) is 12.7 Å². The normalized spacial score (nSPS) is 19.4. The predicted molar refractivity (Wildman–Crippen MR) is 97.0 cm³/mol. The molecule has 3 rings (SSSR count). The number of hydrogen-bond donors (Lipinski definition) is 2. The summed E-state index contributed by atoms with van der Waals surface area (Å²) in [5.41, 5.74) is 0.882. The fourth-order valence-corrected chi connectivity index (χ4v) is 3.37. The van der Waals surface area contributed by atoms with E-state index in [9.17, 15) is 19.2 Å². The monoisotopic (exact) mass is 391 g/mol. The number of rotatable bonds is 3. The van der Waals surface area contributed by atoms with E-state index in [-0.39, 0.29) is 17.7 Å². The largest absolute Gasteiger partial charge is 0.465 e. The van der Waals surface area contributed by atoms with Crippen molar-refractivity contribution in [3.05, 3.63) is 40.1 Å². The lowest BCUT2D eigenvalue weighted by Crippen LogP contribution is -2.57. The zero-order valence-electron chi connectivity index (χ0n) is 14.8. The molecule has 0 saturated carbocycles. The van der Waals surface area contributed by atoms with Gasteiger partial charge in [-0.3, -0.25) is 14.4 Å². The van der Waals surface area contributed by atoms with Gasteiger partial charge in [-0.1, -0.05) is 17.7 Å². The molecule has 8 nitrogen and oxygen atoms in total. The van der Waals surface area contributed by atoms with Gasteiger partial charge in [-0.15, -0.1) is 0 Å². The third-order valence-corrected chi connectivity index (χ3v) is 4.80. The van der Waals surface area contributed by atoms with E-state index in [4.69, 9.17) is 11.6 Å². The smallest absolute Gasteiger partial charge is 0.343 e. The van der Waals surface area contributed by atoms with Crippen molar-refractivity contribution in [3.8, 4) is 0 Å². The summed E-state index contributed by atoms with van der Waals surface area (Å²) >= 11 is 5.98. The van der Waals surface area contributed by atoms with Crippen molar-refractivity contribution >= 4 is 40.9 Å². The molecule has 0 unspecified atom stereocenters. The number of amides is 2. The van der Waals surface area contributed by atoms with Crippen LogP contribution in [0.5, 0.6) is 0 Å². The van der Waals surface area contributed by atoms with Gasteiger partial charge in [0.05, 0.1) is 7.11 Å². The molecule has 27 heavy (non-hydrogen) atoms. The number of hydrogen-bond acceptors (Lipinski definition) is 6. The van der Waals surface area contributed by atoms with Crippen molar-refractivity contribution in [2.24, 2.45) is 0 Å². The number of esters is 1. The highest BCUT2D eigenvalue weighted by atomic mass is 35.5. The van der Waals surface area contributed by atoms with Gasteiger partial charge < -0.3 is 20.3 Å². The van der Waals surface area contributed by atoms with Gasteiger partial charge in [-0.2, -0.15) is 0 Å². The number of nitrogens with one attached hydrogen (secondary N) is 2. The molecule has 0 spiro atoms. The van der Waals surface area contributed by atoms with E-state index in [1.165, 1.54) is 4.90 Å². The van der Waals surface area contributed by atoms with E-state index in [1.807, 2.05) is 6.92 Å². The Kier molecular flexibility index (Phi) is 5.18. The second-order valence-corrected chi connectivity index (χ2v) is 6.69. The van der Waals surface area contributed by atoms with E-state index in [0.29, 0.717) is 23.8 Å². The summed E-state index contributed by atoms with van der Waals surface area (Å²) in [4.78, 5) is 51.2. The fraction of sp³-hybridized carbons (Fsp3) is 0.333. The zero-order valence-corrected chi connectivity index (χ0v) is 15.6. The number of nitrogens with zero attached hydrogens (tertiary/aromatic N) is 1. The number of piperazine rings is 1. The molecular weight excluding hydrogens is 374 g/mol. The molecule has 1 atom stereocenters. The molecule has 2 aliphatic heterocycles. The first-order valence-electron chi connectivity index (χ1n) is 8.31. The number of fused-ring (bicyclic) bond motifs is 1. The number of aryl methyl sites for hydroxylation is 1. The molecule has 1 aromatic rings. The van der Waals surface area contributed by atoms with Crippen LogP contribution in [0.15, 0.2) is 29.5 Å². The van der Waals surface area contributed by atoms with Crippen LogP contribution in [0.2, 0.25) is 5.02 Å². The maximum absolute atomic E-state index is 12.9. The van der Waals surface area contributed by atoms with Crippen LogP contribution in [-0.2, 0) is 23.9 Å². The minimum absolute atomic E-state index is 0.118. The summed E-state index contributed by atoms with van der Waals surface area (Å²) in [6.07, 6.45) is -0.230. The zero-order chi connectivity index (χ0) is 19.7. The fourth-order valence-electron chi connectivity index (χ4n) is 3.20. The van der Waals surface area contributed by atoms with E-state index >= 15 is 0 Å². The van der Waals surface area contributed by atoms with Crippen LogP contribution >= 0.6 is 11.6 Å². The first kappa shape index (κ1) is 18.9. The number of anilines is 1. The second kappa shape index (κ2) is 7.40. The Morgan fingerprint density at radius 3 is 2.78 bits per heavy atom. The molecule has 1 fully saturated rings.